The summed E-state index contributed by atoms with van der Waals surface area (Å²) >= 11 is 0. The van der Waals surface area contributed by atoms with E-state index in [4.69, 9.17) is 10.7 Å². The van der Waals surface area contributed by atoms with E-state index in [-0.39, 0.29) is 17.6 Å². The molecule has 1 aliphatic heterocycles. The van der Waals surface area contributed by atoms with Crippen LogP contribution in [0.2, 0.25) is 0 Å². The molecule has 2 aromatic heterocycles. The maximum atomic E-state index is 11.8. The summed E-state index contributed by atoms with van der Waals surface area (Å²) in [6.45, 7) is 5.97. The summed E-state index contributed by atoms with van der Waals surface area (Å²) in [5, 5.41) is 13.2. The van der Waals surface area contributed by atoms with E-state index in [0.29, 0.717) is 11.4 Å². The number of hydrogen-bond donors (Lipinski definition) is 3. The lowest BCUT2D eigenvalue weighted by molar-refractivity contribution is 0.100. The molecule has 8 heteroatoms. The maximum absolute atomic E-state index is 11.8. The van der Waals surface area contributed by atoms with Gasteiger partial charge in [0.25, 0.3) is 5.91 Å². The molecule has 0 bridgehead atoms. The molecule has 1 amide bonds. The van der Waals surface area contributed by atoms with Crippen molar-refractivity contribution >= 4 is 17.7 Å². The van der Waals surface area contributed by atoms with Gasteiger partial charge in [-0.25, -0.2) is 15.0 Å². The number of aliphatic hydroxyl groups excluding tert-OH is 1. The van der Waals surface area contributed by atoms with E-state index in [0.717, 1.165) is 56.0 Å². The number of aliphatic hydroxyl groups is 1. The predicted octanol–water partition coefficient (Wildman–Crippen LogP) is 2.06. The Bertz CT molecular complexity index is 908. The summed E-state index contributed by atoms with van der Waals surface area (Å²) in [5.41, 5.74) is 7.98. The number of primary amides is 1. The normalized spacial score (nSPS) is 21.5. The highest BCUT2D eigenvalue weighted by molar-refractivity contribution is 5.97. The number of aromatic nitrogens is 3. The fraction of sp³-hybridized carbons (Fsp3) is 0.524. The number of carbonyl (C=O) groups is 1. The number of piperidine rings is 1. The minimum Gasteiger partial charge on any atom is -0.393 e. The van der Waals surface area contributed by atoms with Crippen LogP contribution >= 0.6 is 0 Å². The van der Waals surface area contributed by atoms with Crippen LogP contribution in [0, 0.1) is 5.41 Å². The van der Waals surface area contributed by atoms with Crippen LogP contribution in [0.25, 0.3) is 0 Å². The van der Waals surface area contributed by atoms with Crippen LogP contribution in [-0.2, 0) is 6.42 Å². The van der Waals surface area contributed by atoms with Gasteiger partial charge < -0.3 is 21.1 Å². The smallest absolute Gasteiger partial charge is 0.252 e. The Hall–Kier alpha value is -2.74. The second-order valence-electron chi connectivity index (χ2n) is 8.80. The molecule has 154 valence electrons. The van der Waals surface area contributed by atoms with Crippen LogP contribution < -0.4 is 16.0 Å². The number of fused-ring (bicyclic) bond motifs is 1. The van der Waals surface area contributed by atoms with E-state index >= 15 is 0 Å². The standard InChI is InChI=1S/C21H28N6O2/c1-21(2)10-16(25-19-14(18(22)29)4-3-7-23-19)15-12-24-20(26-17(15)11-21)27-8-5-13(28)6-9-27/h3-4,7,12-13,16,28H,5-6,8-11H2,1-2H3,(H2,22,29)(H,23,25)/t16-/m1/s1. The van der Waals surface area contributed by atoms with Gasteiger partial charge in [0.2, 0.25) is 5.95 Å². The fourth-order valence-electron chi connectivity index (χ4n) is 4.27. The van der Waals surface area contributed by atoms with Gasteiger partial charge >= 0.3 is 0 Å². The van der Waals surface area contributed by atoms with E-state index in [9.17, 15) is 9.90 Å². The summed E-state index contributed by atoms with van der Waals surface area (Å²) in [5.74, 6) is 0.709. The highest BCUT2D eigenvalue weighted by Gasteiger charge is 2.35. The Kier molecular flexibility index (Phi) is 5.12. The first-order chi connectivity index (χ1) is 13.8. The second-order valence-corrected chi connectivity index (χ2v) is 8.80. The van der Waals surface area contributed by atoms with Gasteiger partial charge in [0.15, 0.2) is 0 Å². The minimum atomic E-state index is -0.505. The van der Waals surface area contributed by atoms with Gasteiger partial charge in [-0.05, 0) is 43.2 Å². The van der Waals surface area contributed by atoms with Crippen molar-refractivity contribution in [1.29, 1.82) is 0 Å². The van der Waals surface area contributed by atoms with Gasteiger partial charge in [0, 0.05) is 31.0 Å². The molecule has 2 aliphatic rings. The first kappa shape index (κ1) is 19.6. The number of nitrogens with zero attached hydrogens (tertiary/aromatic N) is 4. The van der Waals surface area contributed by atoms with Crippen LogP contribution in [-0.4, -0.2) is 45.2 Å². The number of hydrogen-bond acceptors (Lipinski definition) is 7. The molecule has 1 atom stereocenters. The summed E-state index contributed by atoms with van der Waals surface area (Å²) in [4.78, 5) is 27.7. The number of nitrogens with one attached hydrogen (secondary N) is 1. The number of amides is 1. The van der Waals surface area contributed by atoms with Gasteiger partial charge in [-0.15, -0.1) is 0 Å². The monoisotopic (exact) mass is 396 g/mol. The van der Waals surface area contributed by atoms with Crippen LogP contribution in [0.1, 0.15) is 60.8 Å². The Labute approximate surface area is 170 Å². The van der Waals surface area contributed by atoms with Crippen LogP contribution in [0.5, 0.6) is 0 Å². The molecule has 0 aromatic carbocycles. The van der Waals surface area contributed by atoms with Gasteiger partial charge in [0.1, 0.15) is 5.82 Å². The summed E-state index contributed by atoms with van der Waals surface area (Å²) < 4.78 is 0. The Morgan fingerprint density at radius 3 is 2.79 bits per heavy atom. The Balaban J connectivity index is 1.64. The number of anilines is 2. The second kappa shape index (κ2) is 7.59. The van der Waals surface area contributed by atoms with Crippen molar-refractivity contribution in [2.75, 3.05) is 23.3 Å². The molecule has 8 nitrogen and oxygen atoms in total. The zero-order valence-corrected chi connectivity index (χ0v) is 16.9. The average molecular weight is 396 g/mol. The third-order valence-electron chi connectivity index (χ3n) is 5.80. The van der Waals surface area contributed by atoms with Crippen molar-refractivity contribution in [3.05, 3.63) is 41.3 Å². The van der Waals surface area contributed by atoms with E-state index in [1.165, 1.54) is 0 Å². The van der Waals surface area contributed by atoms with Crippen LogP contribution in [0.15, 0.2) is 24.5 Å². The lowest BCUT2D eigenvalue weighted by Gasteiger charge is -2.37. The molecule has 0 saturated carbocycles. The van der Waals surface area contributed by atoms with Gasteiger partial charge in [-0.2, -0.15) is 0 Å². The molecular formula is C21H28N6O2. The number of carbonyl (C=O) groups excluding carboxylic acids is 1. The quantitative estimate of drug-likeness (QED) is 0.724. The van der Waals surface area contributed by atoms with Gasteiger partial charge in [-0.1, -0.05) is 13.8 Å². The molecule has 4 N–H and O–H groups in total. The number of nitrogens with two attached hydrogens (primary N) is 1. The molecule has 2 aromatic rings. The van der Waals surface area contributed by atoms with Crippen molar-refractivity contribution < 1.29 is 9.90 Å². The molecule has 0 unspecified atom stereocenters. The van der Waals surface area contributed by atoms with E-state index < -0.39 is 5.91 Å². The maximum Gasteiger partial charge on any atom is 0.252 e. The molecule has 3 heterocycles. The first-order valence-electron chi connectivity index (χ1n) is 10.1. The number of pyridine rings is 1. The van der Waals surface area contributed by atoms with E-state index in [1.807, 2.05) is 6.20 Å². The van der Waals surface area contributed by atoms with Crippen LogP contribution in [0.4, 0.5) is 11.8 Å². The first-order valence-corrected chi connectivity index (χ1v) is 10.1. The summed E-state index contributed by atoms with van der Waals surface area (Å²) in [6.07, 6.45) is 6.52. The molecule has 0 spiro atoms. The minimum absolute atomic E-state index is 0.0377. The largest absolute Gasteiger partial charge is 0.393 e. The predicted molar refractivity (Wildman–Crippen MR) is 111 cm³/mol. The van der Waals surface area contributed by atoms with Crippen molar-refractivity contribution in [1.82, 2.24) is 15.0 Å². The average Bonchev–Trinajstić information content (AvgIpc) is 2.67. The van der Waals surface area contributed by atoms with Gasteiger partial charge in [-0.3, -0.25) is 4.79 Å². The molecule has 1 fully saturated rings. The lowest BCUT2D eigenvalue weighted by Crippen LogP contribution is -2.38. The molecular weight excluding hydrogens is 368 g/mol. The third-order valence-corrected chi connectivity index (χ3v) is 5.80. The topological polar surface area (TPSA) is 117 Å². The Morgan fingerprint density at radius 1 is 1.31 bits per heavy atom. The number of rotatable bonds is 4. The Morgan fingerprint density at radius 2 is 2.07 bits per heavy atom. The molecule has 29 heavy (non-hydrogen) atoms. The molecule has 1 aliphatic carbocycles. The highest BCUT2D eigenvalue weighted by Crippen LogP contribution is 2.42. The summed E-state index contributed by atoms with van der Waals surface area (Å²) in [6, 6.07) is 3.32. The van der Waals surface area contributed by atoms with Crippen molar-refractivity contribution in [2.24, 2.45) is 11.1 Å². The van der Waals surface area contributed by atoms with Crippen molar-refractivity contribution in [3.63, 3.8) is 0 Å². The SMILES string of the molecule is CC1(C)Cc2nc(N3CCC(O)CC3)ncc2[C@H](Nc2ncccc2C(N)=O)C1. The zero-order valence-electron chi connectivity index (χ0n) is 16.9. The van der Waals surface area contributed by atoms with Crippen molar-refractivity contribution in [3.8, 4) is 0 Å². The lowest BCUT2D eigenvalue weighted by atomic mass is 9.74. The molecule has 1 saturated heterocycles. The third kappa shape index (κ3) is 4.17. The molecule has 0 radical (unpaired) electrons. The molecule has 4 rings (SSSR count). The van der Waals surface area contributed by atoms with E-state index in [1.54, 1.807) is 18.3 Å². The van der Waals surface area contributed by atoms with Crippen molar-refractivity contribution in [2.45, 2.75) is 51.7 Å². The van der Waals surface area contributed by atoms with Crippen LogP contribution in [0.3, 0.4) is 0 Å². The van der Waals surface area contributed by atoms with E-state index in [2.05, 4.69) is 34.0 Å². The fourth-order valence-corrected chi connectivity index (χ4v) is 4.27. The zero-order chi connectivity index (χ0) is 20.6. The highest BCUT2D eigenvalue weighted by atomic mass is 16.3. The summed E-state index contributed by atoms with van der Waals surface area (Å²) in [7, 11) is 0. The van der Waals surface area contributed by atoms with Gasteiger partial charge in [0.05, 0.1) is 23.4 Å².